The smallest absolute Gasteiger partial charge is 0.416 e. The number of hydrogen-bond acceptors (Lipinski definition) is 6. The van der Waals surface area contributed by atoms with Crippen LogP contribution in [-0.2, 0) is 26.3 Å². The van der Waals surface area contributed by atoms with Gasteiger partial charge in [-0.2, -0.15) is 0 Å². The van der Waals surface area contributed by atoms with Crippen LogP contribution in [0.25, 0.3) is 0 Å². The van der Waals surface area contributed by atoms with E-state index in [1.807, 2.05) is 60.7 Å². The number of hydrogen-bond donors (Lipinski definition) is 3. The maximum absolute atomic E-state index is 13.9. The minimum absolute atomic E-state index is 0.0732. The number of nitrogens with one attached hydrogen (secondary N) is 2. The van der Waals surface area contributed by atoms with E-state index in [0.717, 1.165) is 24.0 Å². The average Bonchev–Trinajstić information content (AvgIpc) is 3.75. The topological polar surface area (TPSA) is 129 Å². The highest BCUT2D eigenvalue weighted by Gasteiger charge is 2.50. The molecule has 9 nitrogen and oxygen atoms in total. The quantitative estimate of drug-likeness (QED) is 0.332. The van der Waals surface area contributed by atoms with Gasteiger partial charge >= 0.3 is 6.09 Å². The zero-order valence-corrected chi connectivity index (χ0v) is 24.3. The van der Waals surface area contributed by atoms with E-state index in [4.69, 9.17) is 15.9 Å². The summed E-state index contributed by atoms with van der Waals surface area (Å²) in [6, 6.07) is 17.8. The number of benzene rings is 2. The Kier molecular flexibility index (Phi) is 9.81. The van der Waals surface area contributed by atoms with Gasteiger partial charge in [0.2, 0.25) is 5.91 Å². The van der Waals surface area contributed by atoms with E-state index in [2.05, 4.69) is 19.2 Å². The first kappa shape index (κ1) is 30.2. The van der Waals surface area contributed by atoms with E-state index in [1.165, 1.54) is 16.9 Å². The van der Waals surface area contributed by atoms with Crippen LogP contribution < -0.4 is 11.1 Å². The Bertz CT molecular complexity index is 1220. The summed E-state index contributed by atoms with van der Waals surface area (Å²) in [5.74, 6) is 0.131. The van der Waals surface area contributed by atoms with Crippen molar-refractivity contribution in [3.05, 3.63) is 71.8 Å². The molecule has 1 heterocycles. The fourth-order valence-electron chi connectivity index (χ4n) is 5.88. The summed E-state index contributed by atoms with van der Waals surface area (Å²) in [6.45, 7) is 4.43. The minimum atomic E-state index is -0.988. The SMILES string of the molecule is COC(=O)N(C(=O)[C@@H](N)Cc1ccccc1)C(CCCN1C(=N)NC(CC(C)C)(c2ccccc2)C1=O)CC1CC1. The lowest BCUT2D eigenvalue weighted by Gasteiger charge is -2.32. The molecular weight excluding hydrogens is 518 g/mol. The molecule has 1 aliphatic carbocycles. The molecule has 1 saturated carbocycles. The average molecular weight is 562 g/mol. The van der Waals surface area contributed by atoms with Gasteiger partial charge in [0.15, 0.2) is 5.96 Å². The van der Waals surface area contributed by atoms with E-state index in [0.29, 0.717) is 44.6 Å². The van der Waals surface area contributed by atoms with Crippen molar-refractivity contribution in [1.29, 1.82) is 5.41 Å². The van der Waals surface area contributed by atoms with Gasteiger partial charge in [0.25, 0.3) is 5.91 Å². The second kappa shape index (κ2) is 13.3. The van der Waals surface area contributed by atoms with Gasteiger partial charge in [-0.25, -0.2) is 9.69 Å². The Hall–Kier alpha value is -3.72. The fourth-order valence-corrected chi connectivity index (χ4v) is 5.88. The molecule has 0 aromatic heterocycles. The third-order valence-electron chi connectivity index (χ3n) is 8.00. The van der Waals surface area contributed by atoms with Crippen LogP contribution in [0.5, 0.6) is 0 Å². The normalized spacial score (nSPS) is 20.1. The Labute approximate surface area is 242 Å². The summed E-state index contributed by atoms with van der Waals surface area (Å²) in [6.07, 6.45) is 3.94. The van der Waals surface area contributed by atoms with Crippen molar-refractivity contribution in [2.75, 3.05) is 13.7 Å². The van der Waals surface area contributed by atoms with Crippen molar-refractivity contribution in [2.24, 2.45) is 17.6 Å². The predicted octanol–water partition coefficient (Wildman–Crippen LogP) is 4.41. The van der Waals surface area contributed by atoms with E-state index >= 15 is 0 Å². The van der Waals surface area contributed by atoms with Gasteiger partial charge in [-0.1, -0.05) is 87.4 Å². The zero-order valence-electron chi connectivity index (χ0n) is 24.3. The van der Waals surface area contributed by atoms with E-state index in [9.17, 15) is 14.4 Å². The van der Waals surface area contributed by atoms with Crippen LogP contribution in [-0.4, -0.2) is 59.4 Å². The molecule has 2 aromatic carbocycles. The van der Waals surface area contributed by atoms with Crippen LogP contribution in [0.3, 0.4) is 0 Å². The predicted molar refractivity (Wildman–Crippen MR) is 158 cm³/mol. The standard InChI is InChI=1S/C32H43N5O4/c1-22(2)21-32(25-13-8-5-9-14-25)29(39)36(30(34)35-32)18-10-15-26(19-24-16-17-24)37(31(40)41-3)28(38)27(33)20-23-11-6-4-7-12-23/h4-9,11-14,22,24,26-27H,10,15-21,33H2,1-3H3,(H2,34,35)/t26?,27-,32?/m0/s1. The molecular formula is C32H43N5O4. The molecule has 4 N–H and O–H groups in total. The van der Waals surface area contributed by atoms with E-state index < -0.39 is 29.6 Å². The second-order valence-corrected chi connectivity index (χ2v) is 11.7. The molecule has 0 radical (unpaired) electrons. The van der Waals surface area contributed by atoms with Crippen molar-refractivity contribution in [1.82, 2.24) is 15.1 Å². The number of carbonyl (C=O) groups excluding carboxylic acids is 3. The molecule has 2 aromatic rings. The number of nitrogens with zero attached hydrogens (tertiary/aromatic N) is 2. The van der Waals surface area contributed by atoms with Gasteiger partial charge in [-0.3, -0.25) is 19.9 Å². The zero-order chi connectivity index (χ0) is 29.6. The number of rotatable bonds is 13. The van der Waals surface area contributed by atoms with Crippen molar-refractivity contribution >= 4 is 23.9 Å². The number of carbonyl (C=O) groups is 3. The van der Waals surface area contributed by atoms with Crippen LogP contribution in [0.4, 0.5) is 4.79 Å². The highest BCUT2D eigenvalue weighted by atomic mass is 16.5. The molecule has 4 rings (SSSR count). The summed E-state index contributed by atoms with van der Waals surface area (Å²) in [5, 5.41) is 11.9. The minimum Gasteiger partial charge on any atom is -0.452 e. The van der Waals surface area contributed by atoms with Crippen molar-refractivity contribution in [3.8, 4) is 0 Å². The number of guanidine groups is 1. The number of amides is 3. The van der Waals surface area contributed by atoms with Crippen molar-refractivity contribution in [2.45, 2.75) is 76.4 Å². The largest absolute Gasteiger partial charge is 0.452 e. The molecule has 2 aliphatic rings. The van der Waals surface area contributed by atoms with Gasteiger partial charge in [0, 0.05) is 12.6 Å². The first-order valence-corrected chi connectivity index (χ1v) is 14.6. The van der Waals surface area contributed by atoms with Crippen molar-refractivity contribution < 1.29 is 19.1 Å². The maximum Gasteiger partial charge on any atom is 0.416 e. The molecule has 0 spiro atoms. The van der Waals surface area contributed by atoms with Gasteiger partial charge < -0.3 is 15.8 Å². The molecule has 1 saturated heterocycles. The summed E-state index contributed by atoms with van der Waals surface area (Å²) in [4.78, 5) is 43.1. The highest BCUT2D eigenvalue weighted by Crippen LogP contribution is 2.37. The maximum atomic E-state index is 13.9. The van der Waals surface area contributed by atoms with E-state index in [-0.39, 0.29) is 17.8 Å². The van der Waals surface area contributed by atoms with Crippen LogP contribution in [0.15, 0.2) is 60.7 Å². The summed E-state index contributed by atoms with van der Waals surface area (Å²) in [7, 11) is 1.27. The first-order valence-electron chi connectivity index (χ1n) is 14.6. The summed E-state index contributed by atoms with van der Waals surface area (Å²) < 4.78 is 5.05. The number of nitrogens with two attached hydrogens (primary N) is 1. The third kappa shape index (κ3) is 7.14. The van der Waals surface area contributed by atoms with Gasteiger partial charge in [0.05, 0.1) is 13.2 Å². The number of methoxy groups -OCH3 is 1. The van der Waals surface area contributed by atoms with Crippen LogP contribution in [0.2, 0.25) is 0 Å². The highest BCUT2D eigenvalue weighted by molar-refractivity contribution is 6.08. The molecule has 9 heteroatoms. The third-order valence-corrected chi connectivity index (χ3v) is 8.00. The Morgan fingerprint density at radius 2 is 1.76 bits per heavy atom. The van der Waals surface area contributed by atoms with Gasteiger partial charge in [-0.05, 0) is 55.1 Å². The monoisotopic (exact) mass is 561 g/mol. The van der Waals surface area contributed by atoms with Crippen LogP contribution in [0, 0.1) is 17.2 Å². The van der Waals surface area contributed by atoms with Crippen molar-refractivity contribution in [3.63, 3.8) is 0 Å². The van der Waals surface area contributed by atoms with Crippen LogP contribution >= 0.6 is 0 Å². The Morgan fingerprint density at radius 3 is 2.34 bits per heavy atom. The van der Waals surface area contributed by atoms with Gasteiger partial charge in [0.1, 0.15) is 5.54 Å². The first-order chi connectivity index (χ1) is 19.7. The lowest BCUT2D eigenvalue weighted by atomic mass is 9.82. The molecule has 2 fully saturated rings. The molecule has 2 unspecified atom stereocenters. The van der Waals surface area contributed by atoms with E-state index in [1.54, 1.807) is 0 Å². The van der Waals surface area contributed by atoms with Crippen LogP contribution in [0.1, 0.15) is 63.5 Å². The summed E-state index contributed by atoms with van der Waals surface area (Å²) in [5.41, 5.74) is 7.10. The molecule has 1 aliphatic heterocycles. The molecule has 0 bridgehead atoms. The lowest BCUT2D eigenvalue weighted by Crippen LogP contribution is -2.52. The Balaban J connectivity index is 1.48. The molecule has 3 atom stereocenters. The second-order valence-electron chi connectivity index (χ2n) is 11.7. The Morgan fingerprint density at radius 1 is 1.12 bits per heavy atom. The fraction of sp³-hybridized carbons (Fsp3) is 0.500. The molecule has 220 valence electrons. The number of ether oxygens (including phenoxy) is 1. The molecule has 3 amide bonds. The lowest BCUT2D eigenvalue weighted by molar-refractivity contribution is -0.134. The molecule has 41 heavy (non-hydrogen) atoms. The van der Waals surface area contributed by atoms with Gasteiger partial charge in [-0.15, -0.1) is 0 Å². The number of imide groups is 1. The summed E-state index contributed by atoms with van der Waals surface area (Å²) >= 11 is 0.